The van der Waals surface area contributed by atoms with Gasteiger partial charge in [0.2, 0.25) is 15.9 Å². The van der Waals surface area contributed by atoms with Crippen molar-refractivity contribution in [2.24, 2.45) is 0 Å². The van der Waals surface area contributed by atoms with Crippen LogP contribution in [0.3, 0.4) is 0 Å². The smallest absolute Gasteiger partial charge is 0.244 e. The predicted molar refractivity (Wildman–Crippen MR) is 113 cm³/mol. The molecule has 3 rings (SSSR count). The number of amides is 1. The number of aliphatic hydroxyl groups is 1. The fourth-order valence-corrected chi connectivity index (χ4v) is 4.46. The summed E-state index contributed by atoms with van der Waals surface area (Å²) in [7, 11) is -4.10. The normalized spacial score (nSPS) is 12.4. The SMILES string of the molecule is CC(=O)Nc1cc(-c2cnc(Cl)c(S(=O)(=O)NC(CO)c3ccccc3)c2)ccn1. The first-order chi connectivity index (χ1) is 14.3. The van der Waals surface area contributed by atoms with Gasteiger partial charge in [-0.25, -0.2) is 23.1 Å². The lowest BCUT2D eigenvalue weighted by Gasteiger charge is -2.17. The number of pyridine rings is 2. The summed E-state index contributed by atoms with van der Waals surface area (Å²) in [5.41, 5.74) is 1.67. The van der Waals surface area contributed by atoms with E-state index in [1.807, 2.05) is 0 Å². The Morgan fingerprint density at radius 2 is 1.87 bits per heavy atom. The predicted octanol–water partition coefficient (Wildman–Crippen LogP) is 2.77. The highest BCUT2D eigenvalue weighted by atomic mass is 35.5. The molecule has 156 valence electrons. The van der Waals surface area contributed by atoms with Crippen LogP contribution in [-0.2, 0) is 14.8 Å². The van der Waals surface area contributed by atoms with E-state index in [2.05, 4.69) is 20.0 Å². The van der Waals surface area contributed by atoms with Gasteiger partial charge in [-0.3, -0.25) is 4.79 Å². The van der Waals surface area contributed by atoms with Crippen LogP contribution in [0, 0.1) is 0 Å². The minimum absolute atomic E-state index is 0.202. The third-order valence-corrected chi connectivity index (χ3v) is 6.07. The highest BCUT2D eigenvalue weighted by molar-refractivity contribution is 7.89. The van der Waals surface area contributed by atoms with Gasteiger partial charge in [0.1, 0.15) is 15.9 Å². The molecule has 2 aromatic heterocycles. The number of rotatable bonds is 7. The molecule has 0 aliphatic carbocycles. The van der Waals surface area contributed by atoms with Crippen molar-refractivity contribution in [1.82, 2.24) is 14.7 Å². The van der Waals surface area contributed by atoms with Crippen LogP contribution in [0.25, 0.3) is 11.1 Å². The number of anilines is 1. The van der Waals surface area contributed by atoms with Crippen molar-refractivity contribution in [2.75, 3.05) is 11.9 Å². The Labute approximate surface area is 179 Å². The summed E-state index contributed by atoms with van der Waals surface area (Å²) in [6.45, 7) is 0.928. The lowest BCUT2D eigenvalue weighted by atomic mass is 10.1. The van der Waals surface area contributed by atoms with Gasteiger partial charge in [0.15, 0.2) is 0 Å². The number of nitrogens with one attached hydrogen (secondary N) is 2. The molecule has 10 heteroatoms. The number of hydrogen-bond donors (Lipinski definition) is 3. The first-order valence-corrected chi connectivity index (χ1v) is 10.7. The summed E-state index contributed by atoms with van der Waals surface area (Å²) in [5.74, 6) is 0.0409. The largest absolute Gasteiger partial charge is 0.394 e. The van der Waals surface area contributed by atoms with Crippen molar-refractivity contribution in [1.29, 1.82) is 0 Å². The summed E-state index contributed by atoms with van der Waals surface area (Å²) in [6.07, 6.45) is 2.91. The van der Waals surface area contributed by atoms with Gasteiger partial charge < -0.3 is 10.4 Å². The van der Waals surface area contributed by atoms with E-state index < -0.39 is 22.7 Å². The minimum Gasteiger partial charge on any atom is -0.394 e. The number of aromatic nitrogens is 2. The summed E-state index contributed by atoms with van der Waals surface area (Å²) in [5, 5.41) is 12.0. The highest BCUT2D eigenvalue weighted by Gasteiger charge is 2.24. The number of carbonyl (C=O) groups excluding carboxylic acids is 1. The average Bonchev–Trinajstić information content (AvgIpc) is 2.72. The van der Waals surface area contributed by atoms with Crippen molar-refractivity contribution >= 4 is 33.3 Å². The zero-order chi connectivity index (χ0) is 21.7. The molecular weight excluding hydrogens is 428 g/mol. The Bertz CT molecular complexity index is 1160. The Hall–Kier alpha value is -2.85. The van der Waals surface area contributed by atoms with E-state index in [0.29, 0.717) is 22.5 Å². The number of nitrogens with zero attached hydrogens (tertiary/aromatic N) is 2. The maximum atomic E-state index is 13.0. The quantitative estimate of drug-likeness (QED) is 0.480. The van der Waals surface area contributed by atoms with E-state index in [9.17, 15) is 18.3 Å². The summed E-state index contributed by atoms with van der Waals surface area (Å²) >= 11 is 6.08. The number of halogens is 1. The molecule has 0 aliphatic heterocycles. The molecule has 3 N–H and O–H groups in total. The van der Waals surface area contributed by atoms with Crippen molar-refractivity contribution < 1.29 is 18.3 Å². The van der Waals surface area contributed by atoms with Crippen LogP contribution in [0.1, 0.15) is 18.5 Å². The molecule has 1 unspecified atom stereocenters. The molecule has 8 nitrogen and oxygen atoms in total. The Balaban J connectivity index is 1.95. The molecule has 2 heterocycles. The number of benzene rings is 1. The molecule has 0 aliphatic rings. The maximum Gasteiger partial charge on any atom is 0.244 e. The van der Waals surface area contributed by atoms with Crippen molar-refractivity contribution in [2.45, 2.75) is 17.9 Å². The van der Waals surface area contributed by atoms with Crippen LogP contribution in [-0.4, -0.2) is 36.0 Å². The third kappa shape index (κ3) is 5.19. The van der Waals surface area contributed by atoms with Gasteiger partial charge in [-0.2, -0.15) is 0 Å². The number of carbonyl (C=O) groups is 1. The van der Waals surface area contributed by atoms with E-state index >= 15 is 0 Å². The summed E-state index contributed by atoms with van der Waals surface area (Å²) in [4.78, 5) is 19.1. The molecule has 1 atom stereocenters. The van der Waals surface area contributed by atoms with Crippen LogP contribution >= 0.6 is 11.6 Å². The van der Waals surface area contributed by atoms with Crippen molar-refractivity contribution in [3.63, 3.8) is 0 Å². The molecule has 1 amide bonds. The first kappa shape index (κ1) is 21.8. The van der Waals surface area contributed by atoms with Gasteiger partial charge in [0.05, 0.1) is 12.6 Å². The fraction of sp³-hybridized carbons (Fsp3) is 0.150. The molecule has 30 heavy (non-hydrogen) atoms. The summed E-state index contributed by atoms with van der Waals surface area (Å²) in [6, 6.07) is 12.5. The van der Waals surface area contributed by atoms with E-state index in [0.717, 1.165) is 0 Å². The molecule has 0 bridgehead atoms. The van der Waals surface area contributed by atoms with Gasteiger partial charge in [-0.1, -0.05) is 41.9 Å². The monoisotopic (exact) mass is 446 g/mol. The second kappa shape index (κ2) is 9.31. The summed E-state index contributed by atoms with van der Waals surface area (Å²) < 4.78 is 28.4. The van der Waals surface area contributed by atoms with Crippen LogP contribution in [0.15, 0.2) is 65.8 Å². The Morgan fingerprint density at radius 3 is 2.53 bits per heavy atom. The molecule has 0 radical (unpaired) electrons. The van der Waals surface area contributed by atoms with E-state index in [1.165, 1.54) is 25.4 Å². The maximum absolute atomic E-state index is 13.0. The standard InChI is InChI=1S/C20H19ClN4O4S/c1-13(27)24-19-10-15(7-8-22-19)16-9-18(20(21)23-11-16)30(28,29)25-17(12-26)14-5-3-2-4-6-14/h2-11,17,25-26H,12H2,1H3,(H,22,24,27). The van der Waals surface area contributed by atoms with Crippen molar-refractivity contribution in [3.05, 3.63) is 71.6 Å². The van der Waals surface area contributed by atoms with Gasteiger partial charge in [0.25, 0.3) is 0 Å². The highest BCUT2D eigenvalue weighted by Crippen LogP contribution is 2.28. The van der Waals surface area contributed by atoms with Gasteiger partial charge in [-0.15, -0.1) is 0 Å². The van der Waals surface area contributed by atoms with E-state index in [4.69, 9.17) is 11.6 Å². The van der Waals surface area contributed by atoms with Crippen LogP contribution < -0.4 is 10.0 Å². The molecular formula is C20H19ClN4O4S. The van der Waals surface area contributed by atoms with Crippen molar-refractivity contribution in [3.8, 4) is 11.1 Å². The van der Waals surface area contributed by atoms with E-state index in [1.54, 1.807) is 42.5 Å². The second-order valence-electron chi connectivity index (χ2n) is 6.39. The van der Waals surface area contributed by atoms with Crippen LogP contribution in [0.2, 0.25) is 5.15 Å². The zero-order valence-corrected chi connectivity index (χ0v) is 17.5. The topological polar surface area (TPSA) is 121 Å². The number of hydrogen-bond acceptors (Lipinski definition) is 6. The lowest BCUT2D eigenvalue weighted by Crippen LogP contribution is -2.31. The molecule has 3 aromatic rings. The van der Waals surface area contributed by atoms with Gasteiger partial charge in [-0.05, 0) is 29.3 Å². The van der Waals surface area contributed by atoms with Gasteiger partial charge >= 0.3 is 0 Å². The van der Waals surface area contributed by atoms with E-state index in [-0.39, 0.29) is 16.0 Å². The average molecular weight is 447 g/mol. The first-order valence-electron chi connectivity index (χ1n) is 8.88. The minimum atomic E-state index is -4.10. The Kier molecular flexibility index (Phi) is 6.78. The third-order valence-electron chi connectivity index (χ3n) is 4.18. The zero-order valence-electron chi connectivity index (χ0n) is 15.9. The van der Waals surface area contributed by atoms with Gasteiger partial charge in [0, 0.05) is 24.9 Å². The fourth-order valence-electron chi connectivity index (χ4n) is 2.78. The second-order valence-corrected chi connectivity index (χ2v) is 8.43. The Morgan fingerprint density at radius 1 is 1.13 bits per heavy atom. The molecule has 0 fully saturated rings. The number of sulfonamides is 1. The number of aliphatic hydroxyl groups excluding tert-OH is 1. The lowest BCUT2D eigenvalue weighted by molar-refractivity contribution is -0.114. The van der Waals surface area contributed by atoms with Crippen LogP contribution in [0.5, 0.6) is 0 Å². The van der Waals surface area contributed by atoms with Crippen LogP contribution in [0.4, 0.5) is 5.82 Å². The molecule has 0 spiro atoms. The molecule has 0 saturated heterocycles. The molecule has 1 aromatic carbocycles. The molecule has 0 saturated carbocycles.